The topological polar surface area (TPSA) is 9.23 Å². The molecule has 0 N–H and O–H groups in total. The third kappa shape index (κ3) is 2.34. The van der Waals surface area contributed by atoms with Gasteiger partial charge in [-0.25, -0.2) is 0 Å². The summed E-state index contributed by atoms with van der Waals surface area (Å²) < 4.78 is 17.3. The molecule has 1 radical (unpaired) electrons. The van der Waals surface area contributed by atoms with Crippen LogP contribution >= 0.6 is 11.6 Å². The van der Waals surface area contributed by atoms with Crippen LogP contribution in [0.3, 0.4) is 0 Å². The van der Waals surface area contributed by atoms with E-state index < -0.39 is 6.67 Å². The predicted octanol–water partition coefficient (Wildman–Crippen LogP) is 3.24. The van der Waals surface area contributed by atoms with Crippen molar-refractivity contribution in [3.05, 3.63) is 35.7 Å². The summed E-state index contributed by atoms with van der Waals surface area (Å²) in [5.74, 6) is 0.201. The summed E-state index contributed by atoms with van der Waals surface area (Å²) in [4.78, 5) is 0. The smallest absolute Gasteiger partial charge is 0.137 e. The second kappa shape index (κ2) is 4.47. The molecule has 0 aliphatic carbocycles. The molecule has 0 amide bonds. The Balaban J connectivity index is 2.99. The van der Waals surface area contributed by atoms with Crippen LogP contribution in [0.5, 0.6) is 5.75 Å². The number of hydrogen-bond donors (Lipinski definition) is 0. The van der Waals surface area contributed by atoms with Gasteiger partial charge in [0.25, 0.3) is 0 Å². The Morgan fingerprint density at radius 3 is 2.85 bits per heavy atom. The molecular weight excluding hydrogens is 191 g/mol. The molecular formula is C10H11ClFO. The van der Waals surface area contributed by atoms with Crippen LogP contribution in [0.1, 0.15) is 11.5 Å². The van der Waals surface area contributed by atoms with Crippen LogP contribution in [0.2, 0.25) is 5.02 Å². The van der Waals surface area contributed by atoms with Gasteiger partial charge < -0.3 is 4.74 Å². The highest BCUT2D eigenvalue weighted by molar-refractivity contribution is 6.32. The van der Waals surface area contributed by atoms with Crippen molar-refractivity contribution in [3.8, 4) is 5.75 Å². The van der Waals surface area contributed by atoms with Crippen molar-refractivity contribution in [1.29, 1.82) is 0 Å². The maximum atomic E-state index is 12.3. The largest absolute Gasteiger partial charge is 0.495 e. The molecule has 0 saturated heterocycles. The second-order valence-electron chi connectivity index (χ2n) is 2.75. The highest BCUT2D eigenvalue weighted by Gasteiger charge is 2.08. The molecule has 1 rings (SSSR count). The number of methoxy groups -OCH3 is 1. The van der Waals surface area contributed by atoms with Crippen molar-refractivity contribution in [3.63, 3.8) is 0 Å². The minimum Gasteiger partial charge on any atom is -0.495 e. The summed E-state index contributed by atoms with van der Waals surface area (Å²) in [5, 5.41) is 0.525. The quantitative estimate of drug-likeness (QED) is 0.730. The zero-order chi connectivity index (χ0) is 9.84. The van der Waals surface area contributed by atoms with Crippen LogP contribution in [0, 0.1) is 6.92 Å². The van der Waals surface area contributed by atoms with Crippen molar-refractivity contribution in [1.82, 2.24) is 0 Å². The SMILES string of the molecule is [CH2]C(CF)c1ccc(Cl)c(OC)c1. The van der Waals surface area contributed by atoms with E-state index >= 15 is 0 Å². The molecule has 0 aromatic heterocycles. The summed E-state index contributed by atoms with van der Waals surface area (Å²) in [7, 11) is 1.53. The Morgan fingerprint density at radius 1 is 1.62 bits per heavy atom. The lowest BCUT2D eigenvalue weighted by Crippen LogP contribution is -1.96. The zero-order valence-electron chi connectivity index (χ0n) is 7.39. The molecule has 0 saturated carbocycles. The molecule has 1 atom stereocenters. The van der Waals surface area contributed by atoms with Crippen LogP contribution in [0.25, 0.3) is 0 Å². The molecule has 0 spiro atoms. The number of hydrogen-bond acceptors (Lipinski definition) is 1. The molecule has 0 heterocycles. The third-order valence-corrected chi connectivity index (χ3v) is 2.15. The van der Waals surface area contributed by atoms with E-state index in [1.54, 1.807) is 18.2 Å². The second-order valence-corrected chi connectivity index (χ2v) is 3.15. The van der Waals surface area contributed by atoms with Gasteiger partial charge in [-0.3, -0.25) is 4.39 Å². The van der Waals surface area contributed by atoms with Crippen LogP contribution in [0.15, 0.2) is 18.2 Å². The first-order valence-electron chi connectivity index (χ1n) is 3.91. The Kier molecular flexibility index (Phi) is 3.55. The van der Waals surface area contributed by atoms with Gasteiger partial charge in [0.05, 0.1) is 18.8 Å². The lowest BCUT2D eigenvalue weighted by molar-refractivity contribution is 0.413. The van der Waals surface area contributed by atoms with Gasteiger partial charge in [0, 0.05) is 5.92 Å². The van der Waals surface area contributed by atoms with Gasteiger partial charge in [-0.1, -0.05) is 17.7 Å². The number of benzene rings is 1. The van der Waals surface area contributed by atoms with E-state index in [9.17, 15) is 4.39 Å². The van der Waals surface area contributed by atoms with E-state index in [-0.39, 0.29) is 5.92 Å². The van der Waals surface area contributed by atoms with Crippen molar-refractivity contribution in [2.75, 3.05) is 13.8 Å². The first kappa shape index (κ1) is 10.3. The first-order chi connectivity index (χ1) is 6.19. The minimum atomic E-state index is -0.481. The van der Waals surface area contributed by atoms with E-state index in [4.69, 9.17) is 16.3 Å². The summed E-state index contributed by atoms with van der Waals surface area (Å²) >= 11 is 5.81. The van der Waals surface area contributed by atoms with Crippen LogP contribution in [-0.2, 0) is 0 Å². The molecule has 0 fully saturated rings. The van der Waals surface area contributed by atoms with Crippen molar-refractivity contribution >= 4 is 11.6 Å². The van der Waals surface area contributed by atoms with Gasteiger partial charge in [-0.05, 0) is 24.6 Å². The van der Waals surface area contributed by atoms with E-state index in [0.29, 0.717) is 10.8 Å². The van der Waals surface area contributed by atoms with Crippen LogP contribution in [-0.4, -0.2) is 13.8 Å². The number of halogens is 2. The summed E-state index contributed by atoms with van der Waals surface area (Å²) in [6.07, 6.45) is 0. The van der Waals surface area contributed by atoms with Crippen LogP contribution in [0.4, 0.5) is 4.39 Å². The van der Waals surface area contributed by atoms with Gasteiger partial charge in [0.1, 0.15) is 5.75 Å². The Hall–Kier alpha value is -0.760. The van der Waals surface area contributed by atoms with E-state index in [1.807, 2.05) is 0 Å². The van der Waals surface area contributed by atoms with Crippen molar-refractivity contribution in [2.45, 2.75) is 5.92 Å². The Labute approximate surface area is 82.5 Å². The predicted molar refractivity (Wildman–Crippen MR) is 52.1 cm³/mol. The number of alkyl halides is 1. The summed E-state index contributed by atoms with van der Waals surface area (Å²) in [6, 6.07) is 5.14. The fourth-order valence-electron chi connectivity index (χ4n) is 1.02. The molecule has 3 heteroatoms. The van der Waals surface area contributed by atoms with E-state index in [1.165, 1.54) is 7.11 Å². The van der Waals surface area contributed by atoms with Gasteiger partial charge in [-0.2, -0.15) is 0 Å². The lowest BCUT2D eigenvalue weighted by atomic mass is 10.0. The molecule has 1 unspecified atom stereocenters. The van der Waals surface area contributed by atoms with Crippen molar-refractivity contribution in [2.24, 2.45) is 0 Å². The summed E-state index contributed by atoms with van der Waals surface area (Å²) in [5.41, 5.74) is 0.795. The first-order valence-corrected chi connectivity index (χ1v) is 4.29. The molecule has 1 nitrogen and oxygen atoms in total. The average Bonchev–Trinajstić information content (AvgIpc) is 2.17. The maximum absolute atomic E-state index is 12.3. The molecule has 0 aliphatic rings. The van der Waals surface area contributed by atoms with Gasteiger partial charge in [0.15, 0.2) is 0 Å². The van der Waals surface area contributed by atoms with Gasteiger partial charge in [0.2, 0.25) is 0 Å². The molecule has 0 bridgehead atoms. The highest BCUT2D eigenvalue weighted by Crippen LogP contribution is 2.28. The Bertz CT molecular complexity index is 288. The van der Waals surface area contributed by atoms with E-state index in [0.717, 1.165) is 5.56 Å². The molecule has 1 aromatic carbocycles. The monoisotopic (exact) mass is 201 g/mol. The average molecular weight is 202 g/mol. The molecule has 71 valence electrons. The minimum absolute atomic E-state index is 0.355. The van der Waals surface area contributed by atoms with Crippen LogP contribution < -0.4 is 4.74 Å². The normalized spacial score (nSPS) is 12.6. The fourth-order valence-corrected chi connectivity index (χ4v) is 1.21. The third-order valence-electron chi connectivity index (χ3n) is 1.83. The molecule has 13 heavy (non-hydrogen) atoms. The fraction of sp³-hybridized carbons (Fsp3) is 0.300. The maximum Gasteiger partial charge on any atom is 0.137 e. The number of ether oxygens (including phenoxy) is 1. The van der Waals surface area contributed by atoms with Gasteiger partial charge in [-0.15, -0.1) is 0 Å². The summed E-state index contributed by atoms with van der Waals surface area (Å²) in [6.45, 7) is 3.18. The van der Waals surface area contributed by atoms with Gasteiger partial charge >= 0.3 is 0 Å². The lowest BCUT2D eigenvalue weighted by Gasteiger charge is -2.09. The van der Waals surface area contributed by atoms with Crippen molar-refractivity contribution < 1.29 is 9.13 Å². The molecule has 1 aromatic rings. The molecule has 0 aliphatic heterocycles. The zero-order valence-corrected chi connectivity index (χ0v) is 8.14. The standard InChI is InChI=1S/C10H11ClFO/c1-7(6-12)8-3-4-9(11)10(5-8)13-2/h3-5,7H,1,6H2,2H3. The number of rotatable bonds is 3. The highest BCUT2D eigenvalue weighted by atomic mass is 35.5. The van der Waals surface area contributed by atoms with E-state index in [2.05, 4.69) is 6.92 Å². The Morgan fingerprint density at radius 2 is 2.31 bits per heavy atom.